The Hall–Kier alpha value is -4.06. The van der Waals surface area contributed by atoms with Crippen molar-refractivity contribution in [1.82, 2.24) is 37.2 Å². The summed E-state index contributed by atoms with van der Waals surface area (Å²) < 4.78 is 72.9. The number of carbonyl (C=O) groups is 8. The summed E-state index contributed by atoms with van der Waals surface area (Å²) in [7, 11) is -1.65. The Balaban J connectivity index is 3.59. The monoisotopic (exact) mass is 1220 g/mol. The predicted octanol–water partition coefficient (Wildman–Crippen LogP) is 0.949. The zero-order valence-electron chi connectivity index (χ0n) is 48.6. The molecule has 0 aromatic rings. The molecule has 478 valence electrons. The Morgan fingerprint density at radius 3 is 1.12 bits per heavy atom. The Labute approximate surface area is 488 Å². The molecule has 6 amide bonds. The van der Waals surface area contributed by atoms with Crippen molar-refractivity contribution < 1.29 is 94.3 Å². The molecular weight excluding hydrogens is 1120 g/mol. The largest absolute Gasteiger partial charge is 0.480 e. The van der Waals surface area contributed by atoms with Gasteiger partial charge in [-0.3, -0.25) is 38.1 Å². The van der Waals surface area contributed by atoms with Crippen molar-refractivity contribution in [2.45, 2.75) is 141 Å². The molecule has 3 atom stereocenters. The van der Waals surface area contributed by atoms with E-state index in [0.717, 1.165) is 90.0 Å². The molecule has 0 aliphatic heterocycles. The number of rotatable bonds is 61. The Kier molecular flexibility index (Phi) is 53.3. The van der Waals surface area contributed by atoms with Crippen molar-refractivity contribution in [3.05, 3.63) is 0 Å². The number of carbonyl (C=O) groups excluding carboxylic acids is 7. The van der Waals surface area contributed by atoms with Crippen LogP contribution in [0, 0.1) is 0 Å². The summed E-state index contributed by atoms with van der Waals surface area (Å²) >= 11 is 0. The van der Waals surface area contributed by atoms with Crippen molar-refractivity contribution in [3.8, 4) is 0 Å². The first-order valence-electron chi connectivity index (χ1n) is 29.0. The predicted molar refractivity (Wildman–Crippen MR) is 307 cm³/mol. The van der Waals surface area contributed by atoms with E-state index in [1.165, 1.54) is 0 Å². The number of likely N-dealkylation sites (N-methyl/N-ethyl adjacent to an activating group) is 1. The molecule has 0 rings (SSSR count). The number of aliphatic carboxylic acids is 1. The summed E-state index contributed by atoms with van der Waals surface area (Å²) in [5.41, 5.74) is 0.0317. The lowest BCUT2D eigenvalue weighted by Gasteiger charge is -2.14. The van der Waals surface area contributed by atoms with Gasteiger partial charge in [-0.25, -0.2) is 4.79 Å². The van der Waals surface area contributed by atoms with Crippen LogP contribution < -0.4 is 37.2 Å². The van der Waals surface area contributed by atoms with Gasteiger partial charge in [-0.1, -0.05) is 86.8 Å². The van der Waals surface area contributed by atoms with Gasteiger partial charge in [0, 0.05) is 45.6 Å². The summed E-state index contributed by atoms with van der Waals surface area (Å²) in [5, 5.41) is 28.6. The van der Waals surface area contributed by atoms with Crippen molar-refractivity contribution in [2.24, 2.45) is 0 Å². The first-order chi connectivity index (χ1) is 39.5. The average molecular weight is 1220 g/mol. The molecule has 0 aromatic heterocycles. The second kappa shape index (κ2) is 56.1. The van der Waals surface area contributed by atoms with E-state index in [2.05, 4.69) is 46.5 Å². The van der Waals surface area contributed by atoms with Crippen LogP contribution >= 0.6 is 9.24 Å². The maximum Gasteiger partial charge on any atom is 0.326 e. The molecule has 27 nitrogen and oxygen atoms in total. The normalized spacial score (nSPS) is 12.1. The van der Waals surface area contributed by atoms with Crippen LogP contribution in [0.25, 0.3) is 0 Å². The summed E-state index contributed by atoms with van der Waals surface area (Å²) in [6.07, 6.45) is 14.9. The molecular formula is C53H100N7O20PS. The highest BCUT2D eigenvalue weighted by Gasteiger charge is 2.21. The van der Waals surface area contributed by atoms with E-state index in [1.807, 2.05) is 6.92 Å². The van der Waals surface area contributed by atoms with Crippen LogP contribution in [0.5, 0.6) is 0 Å². The van der Waals surface area contributed by atoms with Crippen molar-refractivity contribution in [2.75, 3.05) is 151 Å². The second-order valence-corrected chi connectivity index (χ2v) is 21.2. The van der Waals surface area contributed by atoms with Crippen LogP contribution in [0.15, 0.2) is 0 Å². The van der Waals surface area contributed by atoms with Gasteiger partial charge in [-0.2, -0.15) is 8.42 Å². The summed E-state index contributed by atoms with van der Waals surface area (Å²) in [5.74, 6) is -3.33. The molecule has 0 saturated carbocycles. The minimum atomic E-state index is -3.86. The minimum Gasteiger partial charge on any atom is -0.480 e. The summed E-state index contributed by atoms with van der Waals surface area (Å²) in [6, 6.07) is -1.35. The molecule has 82 heavy (non-hydrogen) atoms. The Morgan fingerprint density at radius 2 is 0.756 bits per heavy atom. The summed E-state index contributed by atoms with van der Waals surface area (Å²) in [6.45, 7) is 6.01. The van der Waals surface area contributed by atoms with Crippen molar-refractivity contribution >= 4 is 66.3 Å². The molecule has 0 aliphatic rings. The number of amides is 6. The number of hydrogen-bond acceptors (Lipinski definition) is 19. The number of nitrogens with one attached hydrogen (secondary N) is 7. The minimum absolute atomic E-state index is 0.0317. The van der Waals surface area contributed by atoms with Crippen LogP contribution in [-0.4, -0.2) is 228 Å². The maximum absolute atomic E-state index is 12.4. The fourth-order valence-electron chi connectivity index (χ4n) is 7.49. The SMILES string of the molecule is CCN[C@@H](CCCCNC(=O)COCCOCCNC(=O)COCCOCCNC(=O)COCCOCCNC(=O)COCCOCCNC(=O)CC[C@H](NC(=O)CCCCCCCCCCCCCCCS(=O)(=O)O)C(=O)O)C(=O)P. The third-order valence-corrected chi connectivity index (χ3v) is 13.0. The quantitative estimate of drug-likeness (QED) is 0.0232. The lowest BCUT2D eigenvalue weighted by Crippen LogP contribution is -2.41. The molecule has 1 unspecified atom stereocenters. The van der Waals surface area contributed by atoms with Gasteiger partial charge in [-0.05, 0) is 45.1 Å². The van der Waals surface area contributed by atoms with Crippen LogP contribution in [0.4, 0.5) is 0 Å². The standard InChI is InChI=1S/C53H100N7O20PS/c1-2-54-45(53(69)81)18-15-16-22-55-48(63)40-77-35-32-74-28-24-57-50(65)42-79-37-34-76-30-26-59-51(66)43-80-38-33-75-29-25-58-49(64)41-78-36-31-73-27-23-56-46(61)21-20-44(52(67)68)60-47(62)19-14-12-10-8-6-4-3-5-7-9-11-13-17-39-82(70,71)72/h44-45,54H,2-43,81H2,1H3,(H,55,63)(H,56,61)(H,57,65)(H,58,64)(H,59,66)(H,60,62)(H,67,68)(H,70,71,72)/t44-,45-/m0/s1. The van der Waals surface area contributed by atoms with Crippen molar-refractivity contribution in [3.63, 3.8) is 0 Å². The molecule has 29 heteroatoms. The fourth-order valence-corrected chi connectivity index (χ4v) is 8.34. The van der Waals surface area contributed by atoms with E-state index in [-0.39, 0.29) is 204 Å². The lowest BCUT2D eigenvalue weighted by molar-refractivity contribution is -0.142. The highest BCUT2D eigenvalue weighted by molar-refractivity contribution is 7.85. The third kappa shape index (κ3) is 56.4. The van der Waals surface area contributed by atoms with Crippen LogP contribution in [0.2, 0.25) is 0 Å². The zero-order valence-corrected chi connectivity index (χ0v) is 50.6. The van der Waals surface area contributed by atoms with Gasteiger partial charge in [0.1, 0.15) is 32.5 Å². The van der Waals surface area contributed by atoms with E-state index in [9.17, 15) is 51.9 Å². The fraction of sp³-hybridized carbons (Fsp3) is 0.849. The Bertz CT molecular complexity index is 1810. The highest BCUT2D eigenvalue weighted by atomic mass is 32.2. The molecule has 0 aromatic carbocycles. The molecule has 0 saturated heterocycles. The first-order valence-corrected chi connectivity index (χ1v) is 31.2. The van der Waals surface area contributed by atoms with E-state index >= 15 is 0 Å². The van der Waals surface area contributed by atoms with Crippen LogP contribution in [-0.2, 0) is 86.4 Å². The van der Waals surface area contributed by atoms with Gasteiger partial charge in [0.25, 0.3) is 10.1 Å². The number of carboxylic acid groups (broad SMARTS) is 1. The Morgan fingerprint density at radius 1 is 0.402 bits per heavy atom. The molecule has 0 spiro atoms. The lowest BCUT2D eigenvalue weighted by atomic mass is 10.0. The van der Waals surface area contributed by atoms with Crippen LogP contribution in [0.3, 0.4) is 0 Å². The number of unbranched alkanes of at least 4 members (excludes halogenated alkanes) is 13. The van der Waals surface area contributed by atoms with Gasteiger partial charge in [0.05, 0.1) is 91.1 Å². The number of ether oxygens (including phenoxy) is 8. The van der Waals surface area contributed by atoms with E-state index in [0.29, 0.717) is 25.8 Å². The highest BCUT2D eigenvalue weighted by Crippen LogP contribution is 2.14. The van der Waals surface area contributed by atoms with Crippen LogP contribution in [0.1, 0.15) is 129 Å². The molecule has 0 fully saturated rings. The van der Waals surface area contributed by atoms with E-state index in [4.69, 9.17) is 42.4 Å². The van der Waals surface area contributed by atoms with Gasteiger partial charge in [0.15, 0.2) is 5.52 Å². The van der Waals surface area contributed by atoms with E-state index < -0.39 is 22.1 Å². The van der Waals surface area contributed by atoms with Gasteiger partial charge in [0.2, 0.25) is 35.4 Å². The molecule has 0 aliphatic carbocycles. The summed E-state index contributed by atoms with van der Waals surface area (Å²) in [4.78, 5) is 95.6. The van der Waals surface area contributed by atoms with Gasteiger partial charge < -0.3 is 80.2 Å². The van der Waals surface area contributed by atoms with E-state index in [1.54, 1.807) is 0 Å². The first kappa shape index (κ1) is 77.9. The second-order valence-electron chi connectivity index (χ2n) is 19.0. The zero-order chi connectivity index (χ0) is 60.6. The smallest absolute Gasteiger partial charge is 0.326 e. The topological polar surface area (TPSA) is 369 Å². The molecule has 9 N–H and O–H groups in total. The third-order valence-electron chi connectivity index (χ3n) is 11.8. The molecule has 0 heterocycles. The maximum atomic E-state index is 12.4. The van der Waals surface area contributed by atoms with Crippen molar-refractivity contribution in [1.29, 1.82) is 0 Å². The average Bonchev–Trinajstić information content (AvgIpc) is 3.43. The van der Waals surface area contributed by atoms with Gasteiger partial charge >= 0.3 is 5.97 Å². The van der Waals surface area contributed by atoms with Gasteiger partial charge in [-0.15, -0.1) is 0 Å². The number of carboxylic acids is 1. The molecule has 0 bridgehead atoms. The molecule has 0 radical (unpaired) electrons. The number of hydrogen-bond donors (Lipinski definition) is 9.